The number of methoxy groups -OCH3 is 1. The molecule has 8 rings (SSSR count). The average molecular weight is 783 g/mol. The van der Waals surface area contributed by atoms with Crippen LogP contribution in [0.15, 0.2) is 96.1 Å². The molecule has 57 heavy (non-hydrogen) atoms. The Bertz CT molecular complexity index is 2550. The molecule has 0 spiro atoms. The van der Waals surface area contributed by atoms with E-state index in [4.69, 9.17) is 9.47 Å². The van der Waals surface area contributed by atoms with Crippen molar-refractivity contribution in [1.29, 1.82) is 0 Å². The number of carbonyl (C=O) groups excluding carboxylic acids is 4. The Hall–Kier alpha value is -6.87. The highest BCUT2D eigenvalue weighted by atomic mass is 32.1. The van der Waals surface area contributed by atoms with E-state index in [0.717, 1.165) is 35.1 Å². The van der Waals surface area contributed by atoms with Gasteiger partial charge in [0.1, 0.15) is 6.61 Å². The van der Waals surface area contributed by atoms with Crippen molar-refractivity contribution in [3.63, 3.8) is 0 Å². The minimum absolute atomic E-state index is 0.0114. The summed E-state index contributed by atoms with van der Waals surface area (Å²) in [6, 6.07) is 25.2. The van der Waals surface area contributed by atoms with Gasteiger partial charge in [-0.15, -0.1) is 0 Å². The van der Waals surface area contributed by atoms with Crippen LogP contribution in [-0.4, -0.2) is 69.0 Å². The molecule has 0 radical (unpaired) electrons. The zero-order chi connectivity index (χ0) is 39.5. The quantitative estimate of drug-likeness (QED) is 0.126. The van der Waals surface area contributed by atoms with Gasteiger partial charge >= 0.3 is 0 Å². The fourth-order valence-corrected chi connectivity index (χ4v) is 7.73. The third kappa shape index (κ3) is 8.23. The molecule has 0 aliphatic carbocycles. The summed E-state index contributed by atoms with van der Waals surface area (Å²) in [5.41, 5.74) is 4.29. The Morgan fingerprint density at radius 2 is 1.72 bits per heavy atom. The van der Waals surface area contributed by atoms with Gasteiger partial charge in [0.15, 0.2) is 22.4 Å². The second-order valence-electron chi connectivity index (χ2n) is 13.7. The number of thiazole rings is 1. The first-order valence-corrected chi connectivity index (χ1v) is 19.2. The Kier molecular flexibility index (Phi) is 10.5. The molecule has 4 heterocycles. The smallest absolute Gasteiger partial charge is 0.293 e. The number of amides is 4. The van der Waals surface area contributed by atoms with Gasteiger partial charge in [-0.1, -0.05) is 53.8 Å². The van der Waals surface area contributed by atoms with E-state index in [2.05, 4.69) is 30.9 Å². The van der Waals surface area contributed by atoms with Crippen molar-refractivity contribution in [3.8, 4) is 11.5 Å². The summed E-state index contributed by atoms with van der Waals surface area (Å²) in [7, 11) is 3.19. The summed E-state index contributed by atoms with van der Waals surface area (Å²) in [6.07, 6.45) is 6.40. The molecule has 15 heteroatoms. The van der Waals surface area contributed by atoms with Crippen LogP contribution in [-0.2, 0) is 24.9 Å². The van der Waals surface area contributed by atoms with E-state index in [1.165, 1.54) is 23.0 Å². The summed E-state index contributed by atoms with van der Waals surface area (Å²) >= 11 is 1.27. The number of aromatic nitrogens is 3. The van der Waals surface area contributed by atoms with Gasteiger partial charge in [0.25, 0.3) is 17.7 Å². The second kappa shape index (κ2) is 16.1. The number of hydrogen-bond donors (Lipinski definition) is 3. The van der Waals surface area contributed by atoms with E-state index in [1.807, 2.05) is 53.6 Å². The maximum atomic E-state index is 13.4. The zero-order valence-corrected chi connectivity index (χ0v) is 32.0. The molecule has 1 atom stereocenters. The van der Waals surface area contributed by atoms with Crippen LogP contribution in [0.3, 0.4) is 0 Å². The number of ether oxygens (including phenoxy) is 2. The van der Waals surface area contributed by atoms with Crippen LogP contribution in [0.2, 0.25) is 0 Å². The molecule has 14 nitrogen and oxygen atoms in total. The first kappa shape index (κ1) is 37.1. The Labute approximate surface area is 331 Å². The number of fused-ring (bicyclic) bond motifs is 3. The number of anilines is 3. The van der Waals surface area contributed by atoms with Gasteiger partial charge in [0, 0.05) is 43.3 Å². The summed E-state index contributed by atoms with van der Waals surface area (Å²) < 4.78 is 14.1. The molecule has 0 saturated carbocycles. The minimum atomic E-state index is -0.507. The molecule has 0 unspecified atom stereocenters. The predicted octanol–water partition coefficient (Wildman–Crippen LogP) is 7.01. The lowest BCUT2D eigenvalue weighted by Gasteiger charge is -2.32. The van der Waals surface area contributed by atoms with Crippen molar-refractivity contribution >= 4 is 73.7 Å². The number of para-hydroxylation sites is 1. The number of aliphatic imine (C=N–C) groups is 1. The number of carbonyl (C=O) groups is 4. The van der Waals surface area contributed by atoms with E-state index in [-0.39, 0.29) is 48.4 Å². The normalized spacial score (nSPS) is 14.7. The minimum Gasteiger partial charge on any atom is -0.493 e. The number of piperidine rings is 1. The molecule has 2 aromatic heterocycles. The van der Waals surface area contributed by atoms with Crippen molar-refractivity contribution in [1.82, 2.24) is 19.4 Å². The standard InChI is InChI=1S/C42H38N8O6S/c1-49-23-36(47-38(49)40(53)48-42-45-32-19-27(14-15-35(32)57-42)39(52)44-28-11-4-3-5-12-28)46-37(51)18-25-9-8-10-26(17-25)24-56-34-21-31-30(20-33(34)55-2)41(54)50-16-7-6-13-29(50)22-43-31/h3-5,8-12,14-15,17,19-23,29H,6-7,13,16,18,24H2,1-2H3,(H,44,52)(H,46,51)(H,45,48,53)/t29-/m0/s1. The van der Waals surface area contributed by atoms with Gasteiger partial charge in [0.2, 0.25) is 11.7 Å². The summed E-state index contributed by atoms with van der Waals surface area (Å²) in [5, 5.41) is 8.76. The van der Waals surface area contributed by atoms with Gasteiger partial charge < -0.3 is 29.6 Å². The summed E-state index contributed by atoms with van der Waals surface area (Å²) in [4.78, 5) is 67.9. The number of benzene rings is 4. The van der Waals surface area contributed by atoms with Crippen LogP contribution in [0.25, 0.3) is 10.2 Å². The maximum Gasteiger partial charge on any atom is 0.293 e. The van der Waals surface area contributed by atoms with Crippen LogP contribution >= 0.6 is 11.3 Å². The molecule has 1 saturated heterocycles. The molecule has 2 aliphatic rings. The third-order valence-electron chi connectivity index (χ3n) is 9.71. The van der Waals surface area contributed by atoms with Crippen LogP contribution in [0.5, 0.6) is 11.5 Å². The molecule has 6 aromatic rings. The lowest BCUT2D eigenvalue weighted by Crippen LogP contribution is -2.43. The maximum absolute atomic E-state index is 13.4. The number of aryl methyl sites for hydroxylation is 1. The first-order chi connectivity index (χ1) is 27.7. The summed E-state index contributed by atoms with van der Waals surface area (Å²) in [6.45, 7) is 0.896. The van der Waals surface area contributed by atoms with E-state index in [1.54, 1.807) is 55.7 Å². The highest BCUT2D eigenvalue weighted by molar-refractivity contribution is 7.22. The number of rotatable bonds is 11. The van der Waals surface area contributed by atoms with Crippen LogP contribution in [0.1, 0.15) is 61.7 Å². The van der Waals surface area contributed by atoms with Gasteiger partial charge in [-0.25, -0.2) is 9.97 Å². The number of imidazole rings is 1. The van der Waals surface area contributed by atoms with Crippen molar-refractivity contribution in [2.45, 2.75) is 38.3 Å². The highest BCUT2D eigenvalue weighted by Gasteiger charge is 2.31. The molecule has 1 fully saturated rings. The molecule has 3 N–H and O–H groups in total. The lowest BCUT2D eigenvalue weighted by atomic mass is 10.0. The van der Waals surface area contributed by atoms with E-state index in [0.29, 0.717) is 51.2 Å². The van der Waals surface area contributed by atoms with Gasteiger partial charge in [0.05, 0.1) is 41.0 Å². The summed E-state index contributed by atoms with van der Waals surface area (Å²) in [5.74, 6) is 0.0416. The van der Waals surface area contributed by atoms with Crippen LogP contribution in [0.4, 0.5) is 22.3 Å². The SMILES string of the molecule is COc1cc2c(cc1OCc1cccc(CC(=O)Nc3cn(C)c(C(=O)Nc4nc5cc(C(=O)Nc6ccccc6)ccc5s4)n3)c1)N=C[C@@H]1CCCCN1C2=O. The number of nitrogens with one attached hydrogen (secondary N) is 3. The fourth-order valence-electron chi connectivity index (χ4n) is 6.89. The molecule has 2 aliphatic heterocycles. The number of nitrogens with zero attached hydrogens (tertiary/aromatic N) is 5. The highest BCUT2D eigenvalue weighted by Crippen LogP contribution is 2.38. The number of hydrogen-bond acceptors (Lipinski definition) is 10. The largest absolute Gasteiger partial charge is 0.493 e. The van der Waals surface area contributed by atoms with Crippen molar-refractivity contribution in [2.24, 2.45) is 12.0 Å². The second-order valence-corrected chi connectivity index (χ2v) is 14.8. The molecular formula is C42H38N8O6S. The Balaban J connectivity index is 0.874. The van der Waals surface area contributed by atoms with E-state index >= 15 is 0 Å². The third-order valence-corrected chi connectivity index (χ3v) is 10.7. The monoisotopic (exact) mass is 782 g/mol. The predicted molar refractivity (Wildman–Crippen MR) is 218 cm³/mol. The fraction of sp³-hybridized carbons (Fsp3) is 0.214. The van der Waals surface area contributed by atoms with Gasteiger partial charge in [-0.05, 0) is 66.8 Å². The van der Waals surface area contributed by atoms with E-state index < -0.39 is 5.91 Å². The van der Waals surface area contributed by atoms with E-state index in [9.17, 15) is 19.2 Å². The Morgan fingerprint density at radius 3 is 2.56 bits per heavy atom. The van der Waals surface area contributed by atoms with Crippen molar-refractivity contribution < 1.29 is 28.7 Å². The molecule has 288 valence electrons. The molecule has 4 aromatic carbocycles. The van der Waals surface area contributed by atoms with Crippen LogP contribution in [0, 0.1) is 0 Å². The van der Waals surface area contributed by atoms with Gasteiger partial charge in [-0.2, -0.15) is 0 Å². The van der Waals surface area contributed by atoms with Crippen molar-refractivity contribution in [2.75, 3.05) is 29.6 Å². The average Bonchev–Trinajstić information content (AvgIpc) is 3.76. The zero-order valence-electron chi connectivity index (χ0n) is 31.2. The van der Waals surface area contributed by atoms with Gasteiger partial charge in [-0.3, -0.25) is 29.5 Å². The van der Waals surface area contributed by atoms with Crippen LogP contribution < -0.4 is 25.4 Å². The first-order valence-electron chi connectivity index (χ1n) is 18.4. The molecule has 0 bridgehead atoms. The molecule has 4 amide bonds. The molecular weight excluding hydrogens is 745 g/mol. The Morgan fingerprint density at radius 1 is 0.877 bits per heavy atom. The lowest BCUT2D eigenvalue weighted by molar-refractivity contribution is -0.115. The van der Waals surface area contributed by atoms with Crippen molar-refractivity contribution in [3.05, 3.63) is 119 Å². The topological polar surface area (TPSA) is 169 Å².